The monoisotopic (exact) mass is 351 g/mol. The van der Waals surface area contributed by atoms with Crippen LogP contribution in [0.1, 0.15) is 51.4 Å². The number of carbonyl (C=O) groups excluding carboxylic acids is 1. The number of carbonyl (C=O) groups is 1. The van der Waals surface area contributed by atoms with Gasteiger partial charge in [0.05, 0.1) is 11.8 Å². The molecule has 7 aliphatic rings. The predicted octanol–water partition coefficient (Wildman–Crippen LogP) is 3.79. The number of nitrogens with one attached hydrogen (secondary N) is 1. The van der Waals surface area contributed by atoms with Gasteiger partial charge in [0, 0.05) is 13.0 Å². The molecule has 0 bridgehead atoms. The van der Waals surface area contributed by atoms with Crippen LogP contribution in [0.2, 0.25) is 0 Å². The second-order valence-electron chi connectivity index (χ2n) is 10.2. The Hall–Kier alpha value is -1.32. The minimum Gasteiger partial charge on any atom is -0.340 e. The van der Waals surface area contributed by atoms with Crippen molar-refractivity contribution in [1.29, 1.82) is 0 Å². The van der Waals surface area contributed by atoms with E-state index in [4.69, 9.17) is 5.10 Å². The van der Waals surface area contributed by atoms with Crippen LogP contribution in [-0.2, 0) is 0 Å². The van der Waals surface area contributed by atoms with Crippen LogP contribution in [0.5, 0.6) is 0 Å². The van der Waals surface area contributed by atoms with Crippen molar-refractivity contribution in [3.05, 3.63) is 11.1 Å². The quantitative estimate of drug-likeness (QED) is 0.709. The second kappa shape index (κ2) is 4.74. The van der Waals surface area contributed by atoms with Crippen LogP contribution < -0.4 is 5.32 Å². The molecular formula is C22H29N3O. The largest absolute Gasteiger partial charge is 0.340 e. The standard InChI is InChI=1S/C22H29N3O/c1-23-22(26)25-21-15-9-5-11-3-7-13(17(11)15)19(21)18-12-6-2-10-4-8-14(16(10)12)20(18)24-25/h10-17,21H,2-9H2,1H3,(H,23,26)/t10-,11+,12+,13-,14-,15-,16+,17-,21+/m0/s1. The number of hydrogen-bond donors (Lipinski definition) is 1. The molecule has 1 heterocycles. The Bertz CT molecular complexity index is 769. The van der Waals surface area contributed by atoms with E-state index < -0.39 is 0 Å². The Balaban J connectivity index is 1.44. The van der Waals surface area contributed by atoms with E-state index in [1.165, 1.54) is 57.1 Å². The molecule has 0 saturated heterocycles. The van der Waals surface area contributed by atoms with Gasteiger partial charge in [0.25, 0.3) is 0 Å². The molecule has 4 nitrogen and oxygen atoms in total. The molecule has 0 aromatic rings. The summed E-state index contributed by atoms with van der Waals surface area (Å²) in [6.07, 6.45) is 11.1. The molecule has 7 rings (SSSR count). The van der Waals surface area contributed by atoms with E-state index in [9.17, 15) is 4.79 Å². The molecule has 1 N–H and O–H groups in total. The van der Waals surface area contributed by atoms with E-state index in [1.54, 1.807) is 18.2 Å². The molecule has 0 aromatic heterocycles. The maximum absolute atomic E-state index is 12.8. The number of rotatable bonds is 0. The lowest BCUT2D eigenvalue weighted by Crippen LogP contribution is -2.47. The number of urea groups is 1. The number of fused-ring (bicyclic) bond motifs is 6. The molecule has 9 atom stereocenters. The van der Waals surface area contributed by atoms with Gasteiger partial charge in [0.2, 0.25) is 0 Å². The fourth-order valence-corrected chi connectivity index (χ4v) is 9.18. The van der Waals surface area contributed by atoms with Gasteiger partial charge in [-0.05, 0) is 104 Å². The van der Waals surface area contributed by atoms with Gasteiger partial charge in [-0.3, -0.25) is 0 Å². The first kappa shape index (κ1) is 14.7. The summed E-state index contributed by atoms with van der Waals surface area (Å²) in [6, 6.07) is 0.306. The molecule has 0 aromatic carbocycles. The molecule has 0 spiro atoms. The van der Waals surface area contributed by atoms with Crippen LogP contribution in [-0.4, -0.2) is 29.8 Å². The highest BCUT2D eigenvalue weighted by molar-refractivity contribution is 6.07. The predicted molar refractivity (Wildman–Crippen MR) is 99.4 cm³/mol. The summed E-state index contributed by atoms with van der Waals surface area (Å²) in [5.41, 5.74) is 4.78. The average Bonchev–Trinajstić information content (AvgIpc) is 3.43. The van der Waals surface area contributed by atoms with E-state index in [1.807, 2.05) is 5.01 Å². The Kier molecular flexibility index (Phi) is 2.68. The topological polar surface area (TPSA) is 44.7 Å². The van der Waals surface area contributed by atoms with Crippen LogP contribution in [0.25, 0.3) is 0 Å². The number of hydrazone groups is 1. The van der Waals surface area contributed by atoms with Crippen molar-refractivity contribution in [3.63, 3.8) is 0 Å². The van der Waals surface area contributed by atoms with Crippen molar-refractivity contribution in [2.45, 2.75) is 57.4 Å². The maximum atomic E-state index is 12.8. The Morgan fingerprint density at radius 2 is 1.62 bits per heavy atom. The summed E-state index contributed by atoms with van der Waals surface area (Å²) >= 11 is 0. The third-order valence-corrected chi connectivity index (χ3v) is 9.73. The highest BCUT2D eigenvalue weighted by atomic mass is 16.2. The van der Waals surface area contributed by atoms with Gasteiger partial charge in [0.1, 0.15) is 0 Å². The first-order valence-corrected chi connectivity index (χ1v) is 11.1. The summed E-state index contributed by atoms with van der Waals surface area (Å²) in [6.45, 7) is 0. The van der Waals surface area contributed by atoms with E-state index in [2.05, 4.69) is 5.32 Å². The molecule has 0 unspecified atom stereocenters. The highest BCUT2D eigenvalue weighted by Crippen LogP contribution is 2.67. The number of allylic oxidation sites excluding steroid dienone is 1. The molecule has 138 valence electrons. The van der Waals surface area contributed by atoms with Crippen molar-refractivity contribution >= 4 is 11.7 Å². The third-order valence-electron chi connectivity index (χ3n) is 9.73. The Morgan fingerprint density at radius 1 is 0.923 bits per heavy atom. The van der Waals surface area contributed by atoms with Gasteiger partial charge < -0.3 is 5.32 Å². The van der Waals surface area contributed by atoms with E-state index >= 15 is 0 Å². The fourth-order valence-electron chi connectivity index (χ4n) is 9.18. The second-order valence-corrected chi connectivity index (χ2v) is 10.2. The van der Waals surface area contributed by atoms with Crippen LogP contribution in [0.3, 0.4) is 0 Å². The third kappa shape index (κ3) is 1.49. The first-order valence-electron chi connectivity index (χ1n) is 11.1. The summed E-state index contributed by atoms with van der Waals surface area (Å²) in [5.74, 6) is 6.46. The SMILES string of the molecule is CNC(=O)N1N=C2C(=C3[C@H]4CC[C@@H]5CC[C@@H]([C@@H]54)[C@H]31)[C@@H]1CC[C@H]3CC[C@H]2[C@H]31. The molecule has 6 fully saturated rings. The molecule has 4 heteroatoms. The normalized spacial score (nSPS) is 52.1. The van der Waals surface area contributed by atoms with Crippen molar-refractivity contribution in [2.75, 3.05) is 7.05 Å². The summed E-state index contributed by atoms with van der Waals surface area (Å²) in [4.78, 5) is 12.8. The van der Waals surface area contributed by atoms with Crippen molar-refractivity contribution in [2.24, 2.45) is 52.4 Å². The molecule has 0 radical (unpaired) electrons. The molecule has 6 aliphatic carbocycles. The minimum atomic E-state index is 0.0223. The molecule has 1 aliphatic heterocycles. The molecule has 2 amide bonds. The van der Waals surface area contributed by atoms with Crippen molar-refractivity contribution in [1.82, 2.24) is 10.3 Å². The van der Waals surface area contributed by atoms with Gasteiger partial charge in [-0.25, -0.2) is 9.80 Å². The molecular weight excluding hydrogens is 322 g/mol. The zero-order valence-electron chi connectivity index (χ0n) is 15.7. The average molecular weight is 351 g/mol. The highest BCUT2D eigenvalue weighted by Gasteiger charge is 2.64. The lowest BCUT2D eigenvalue weighted by Gasteiger charge is -2.36. The summed E-state index contributed by atoms with van der Waals surface area (Å²) < 4.78 is 0. The summed E-state index contributed by atoms with van der Waals surface area (Å²) in [7, 11) is 1.77. The van der Waals surface area contributed by atoms with Gasteiger partial charge in [0.15, 0.2) is 0 Å². The lowest BCUT2D eigenvalue weighted by molar-refractivity contribution is 0.165. The van der Waals surface area contributed by atoms with Crippen molar-refractivity contribution < 1.29 is 4.79 Å². The number of amides is 2. The van der Waals surface area contributed by atoms with Crippen molar-refractivity contribution in [3.8, 4) is 0 Å². The van der Waals surface area contributed by atoms with Crippen LogP contribution in [0, 0.1) is 47.3 Å². The zero-order valence-corrected chi connectivity index (χ0v) is 15.7. The summed E-state index contributed by atoms with van der Waals surface area (Å²) in [5, 5.41) is 9.97. The van der Waals surface area contributed by atoms with Gasteiger partial charge in [-0.2, -0.15) is 5.10 Å². The van der Waals surface area contributed by atoms with E-state index in [-0.39, 0.29) is 12.1 Å². The minimum absolute atomic E-state index is 0.0223. The van der Waals surface area contributed by atoms with Gasteiger partial charge in [-0.1, -0.05) is 0 Å². The smallest absolute Gasteiger partial charge is 0.338 e. The van der Waals surface area contributed by atoms with Crippen LogP contribution >= 0.6 is 0 Å². The molecule has 26 heavy (non-hydrogen) atoms. The Morgan fingerprint density at radius 3 is 2.42 bits per heavy atom. The van der Waals surface area contributed by atoms with Crippen LogP contribution in [0.15, 0.2) is 16.2 Å². The molecule has 6 saturated carbocycles. The van der Waals surface area contributed by atoms with Gasteiger partial charge in [-0.15, -0.1) is 0 Å². The van der Waals surface area contributed by atoms with Gasteiger partial charge >= 0.3 is 6.03 Å². The zero-order chi connectivity index (χ0) is 17.2. The van der Waals surface area contributed by atoms with E-state index in [0.717, 1.165) is 35.5 Å². The van der Waals surface area contributed by atoms with E-state index in [0.29, 0.717) is 11.8 Å². The van der Waals surface area contributed by atoms with Crippen LogP contribution in [0.4, 0.5) is 4.79 Å². The number of nitrogens with zero attached hydrogens (tertiary/aromatic N) is 2. The maximum Gasteiger partial charge on any atom is 0.338 e. The number of hydrogen-bond acceptors (Lipinski definition) is 2. The fraction of sp³-hybridized carbons (Fsp3) is 0.818. The Labute approximate surface area is 155 Å². The lowest BCUT2D eigenvalue weighted by atomic mass is 9.84. The first-order chi connectivity index (χ1) is 12.8.